The molecule has 0 fully saturated rings. The van der Waals surface area contributed by atoms with E-state index in [1.165, 1.54) is 212 Å². The number of rotatable bonds is 48. The number of carbonyl (C=O) groups excluding carboxylic acids is 2. The third kappa shape index (κ3) is 34.7. The summed E-state index contributed by atoms with van der Waals surface area (Å²) >= 11 is 0. The van der Waals surface area contributed by atoms with Crippen molar-refractivity contribution >= 4 is 23.9 Å². The molecule has 0 aromatic heterocycles. The summed E-state index contributed by atoms with van der Waals surface area (Å²) in [6.45, 7) is 9.78. The van der Waals surface area contributed by atoms with E-state index in [4.69, 9.17) is 9.47 Å². The summed E-state index contributed by atoms with van der Waals surface area (Å²) in [4.78, 5) is 48.9. The molecule has 0 aliphatic rings. The van der Waals surface area contributed by atoms with Crippen LogP contribution in [0.25, 0.3) is 0 Å². The number of esters is 2. The van der Waals surface area contributed by atoms with Crippen LogP contribution in [0.1, 0.15) is 337 Å². The normalized spacial score (nSPS) is 11.1. The molecule has 0 amide bonds. The number of ether oxygens (including phenoxy) is 2. The smallest absolute Gasteiger partial charge is 0.339 e. The van der Waals surface area contributed by atoms with Gasteiger partial charge in [-0.15, -0.1) is 0 Å². The molecule has 0 bridgehead atoms. The molecular formula is C64H108O8. The lowest BCUT2D eigenvalue weighted by Gasteiger charge is -2.15. The highest BCUT2D eigenvalue weighted by atomic mass is 16.5. The largest absolute Gasteiger partial charge is 0.478 e. The molecule has 0 unspecified atom stereocenters. The van der Waals surface area contributed by atoms with Gasteiger partial charge in [-0.05, 0) is 67.9 Å². The Morgan fingerprint density at radius 3 is 0.931 bits per heavy atom. The summed E-state index contributed by atoms with van der Waals surface area (Å²) in [5.41, 5.74) is 2.35. The lowest BCUT2D eigenvalue weighted by atomic mass is 9.89. The fourth-order valence-electron chi connectivity index (χ4n) is 9.73. The van der Waals surface area contributed by atoms with Gasteiger partial charge >= 0.3 is 23.9 Å². The molecule has 2 N–H and O–H groups in total. The first-order valence-corrected chi connectivity index (χ1v) is 30.3. The summed E-state index contributed by atoms with van der Waals surface area (Å²) in [5.74, 6) is -3.13. The number of carbonyl (C=O) groups is 4. The van der Waals surface area contributed by atoms with Crippen LogP contribution in [0.3, 0.4) is 0 Å². The van der Waals surface area contributed by atoms with E-state index in [9.17, 15) is 29.4 Å². The highest BCUT2D eigenvalue weighted by Gasteiger charge is 2.23. The van der Waals surface area contributed by atoms with E-state index in [-0.39, 0.29) is 11.1 Å². The lowest BCUT2D eigenvalue weighted by Crippen LogP contribution is -2.15. The molecule has 8 nitrogen and oxygen atoms in total. The fraction of sp³-hybridized carbons (Fsp3) is 0.750. The van der Waals surface area contributed by atoms with Crippen molar-refractivity contribution in [2.45, 2.75) is 297 Å². The van der Waals surface area contributed by atoms with Gasteiger partial charge in [-0.1, -0.05) is 277 Å². The van der Waals surface area contributed by atoms with Gasteiger partial charge in [-0.3, -0.25) is 0 Å². The number of aryl methyl sites for hydroxylation is 1. The zero-order chi connectivity index (χ0) is 52.5. The van der Waals surface area contributed by atoms with Crippen LogP contribution in [0, 0.1) is 0 Å². The summed E-state index contributed by atoms with van der Waals surface area (Å²) in [5, 5.41) is 19.4. The minimum absolute atomic E-state index is 0.0167. The van der Waals surface area contributed by atoms with E-state index in [0.717, 1.165) is 68.9 Å². The van der Waals surface area contributed by atoms with Crippen LogP contribution in [0.2, 0.25) is 0 Å². The van der Waals surface area contributed by atoms with Gasteiger partial charge in [-0.25, -0.2) is 19.2 Å². The molecule has 8 heteroatoms. The van der Waals surface area contributed by atoms with Gasteiger partial charge in [0.1, 0.15) is 0 Å². The molecule has 0 spiro atoms. The van der Waals surface area contributed by atoms with E-state index < -0.39 is 23.9 Å². The number of unbranched alkanes of at least 4 members (excludes halogenated alkanes) is 36. The van der Waals surface area contributed by atoms with Crippen LogP contribution in [0.15, 0.2) is 36.4 Å². The van der Waals surface area contributed by atoms with Crippen LogP contribution in [0.4, 0.5) is 0 Å². The molecule has 72 heavy (non-hydrogen) atoms. The minimum Gasteiger partial charge on any atom is -0.478 e. The van der Waals surface area contributed by atoms with Crippen LogP contribution >= 0.6 is 0 Å². The number of aromatic carboxylic acids is 2. The van der Waals surface area contributed by atoms with Gasteiger partial charge < -0.3 is 19.7 Å². The second-order valence-electron chi connectivity index (χ2n) is 20.8. The molecule has 412 valence electrons. The van der Waals surface area contributed by atoms with Crippen molar-refractivity contribution < 1.29 is 38.9 Å². The topological polar surface area (TPSA) is 127 Å². The monoisotopic (exact) mass is 1000 g/mol. The van der Waals surface area contributed by atoms with Crippen molar-refractivity contribution in [3.05, 3.63) is 69.8 Å². The lowest BCUT2D eigenvalue weighted by molar-refractivity contribution is 0.0450. The van der Waals surface area contributed by atoms with Crippen molar-refractivity contribution in [2.24, 2.45) is 0 Å². The maximum atomic E-state index is 12.6. The summed E-state index contributed by atoms with van der Waals surface area (Å²) in [6.07, 6.45) is 51.2. The van der Waals surface area contributed by atoms with E-state index in [2.05, 4.69) is 27.7 Å². The van der Waals surface area contributed by atoms with E-state index >= 15 is 0 Å². The van der Waals surface area contributed by atoms with Gasteiger partial charge in [0.2, 0.25) is 0 Å². The van der Waals surface area contributed by atoms with Crippen molar-refractivity contribution in [3.8, 4) is 0 Å². The predicted molar refractivity (Wildman–Crippen MR) is 302 cm³/mol. The standard InChI is InChI=1S/2C32H54O4/c1-3-5-7-9-11-13-15-17-19-23-27-35-31(33)29-25-21-22-26-30(29)32(34)36-28-24-20-18-16-14-12-10-8-6-4-2;1-3-5-7-9-11-13-15-17-19-21-23-27-25-26-29(31(33)34)30(32(35)36)28(27)24-22-20-18-16-14-12-10-8-6-4-2/h21-22,25-26H,3-20,23-24,27-28H2,1-2H3;25-26H,3-24H2,1-2H3,(H,33,34)(H,35,36). The Morgan fingerprint density at radius 1 is 0.333 bits per heavy atom. The van der Waals surface area contributed by atoms with Gasteiger partial charge in [0, 0.05) is 0 Å². The van der Waals surface area contributed by atoms with Crippen LogP contribution in [-0.2, 0) is 22.3 Å². The zero-order valence-corrected chi connectivity index (χ0v) is 46.9. The average Bonchev–Trinajstić information content (AvgIpc) is 3.38. The van der Waals surface area contributed by atoms with Gasteiger partial charge in [0.15, 0.2) is 0 Å². The van der Waals surface area contributed by atoms with Gasteiger partial charge in [-0.2, -0.15) is 0 Å². The first-order chi connectivity index (χ1) is 35.2. The molecule has 0 aliphatic heterocycles. The second kappa shape index (κ2) is 48.3. The molecule has 2 aromatic rings. The first kappa shape index (κ1) is 66.3. The molecule has 0 aliphatic carbocycles. The maximum Gasteiger partial charge on any atom is 0.339 e. The molecular weight excluding hydrogens is 897 g/mol. The second-order valence-corrected chi connectivity index (χ2v) is 20.8. The Balaban J connectivity index is 0.000000720. The van der Waals surface area contributed by atoms with Crippen molar-refractivity contribution in [1.82, 2.24) is 0 Å². The Morgan fingerprint density at radius 2 is 0.625 bits per heavy atom. The first-order valence-electron chi connectivity index (χ1n) is 30.3. The van der Waals surface area contributed by atoms with Gasteiger partial charge in [0.25, 0.3) is 0 Å². The zero-order valence-electron chi connectivity index (χ0n) is 46.9. The molecule has 0 heterocycles. The van der Waals surface area contributed by atoms with Crippen LogP contribution in [0.5, 0.6) is 0 Å². The number of hydrogen-bond acceptors (Lipinski definition) is 6. The quantitative estimate of drug-likeness (QED) is 0.0496. The molecule has 2 aromatic carbocycles. The third-order valence-corrected chi connectivity index (χ3v) is 14.3. The fourth-order valence-corrected chi connectivity index (χ4v) is 9.73. The SMILES string of the molecule is CCCCCCCCCCCCOC(=O)c1ccccc1C(=O)OCCCCCCCCCCCC.CCCCCCCCCCCCc1ccc(C(=O)O)c(C(=O)O)c1CCCCCCCCCCCC. The predicted octanol–water partition coefficient (Wildman–Crippen LogP) is 19.9. The molecule has 2 rings (SSSR count). The molecule has 0 saturated carbocycles. The van der Waals surface area contributed by atoms with Gasteiger partial charge in [0.05, 0.1) is 35.5 Å². The molecule has 0 saturated heterocycles. The maximum absolute atomic E-state index is 12.6. The Hall–Kier alpha value is -3.68. The molecule has 0 radical (unpaired) electrons. The average molecular weight is 1010 g/mol. The van der Waals surface area contributed by atoms with Crippen LogP contribution < -0.4 is 0 Å². The minimum atomic E-state index is -1.15. The Kier molecular flexibility index (Phi) is 44.5. The van der Waals surface area contributed by atoms with Crippen molar-refractivity contribution in [2.75, 3.05) is 13.2 Å². The van der Waals surface area contributed by atoms with E-state index in [1.807, 2.05) is 6.07 Å². The highest BCUT2D eigenvalue weighted by Crippen LogP contribution is 2.26. The molecule has 0 atom stereocenters. The van der Waals surface area contributed by atoms with Crippen molar-refractivity contribution in [1.29, 1.82) is 0 Å². The summed E-state index contributed by atoms with van der Waals surface area (Å²) in [6, 6.07) is 10.2. The Labute approximate surface area is 441 Å². The number of benzene rings is 2. The number of carboxylic acids is 2. The summed E-state index contributed by atoms with van der Waals surface area (Å²) < 4.78 is 10.9. The number of hydrogen-bond donors (Lipinski definition) is 2. The van der Waals surface area contributed by atoms with Crippen LogP contribution in [-0.4, -0.2) is 47.3 Å². The third-order valence-electron chi connectivity index (χ3n) is 14.3. The van der Waals surface area contributed by atoms with E-state index in [1.54, 1.807) is 24.3 Å². The number of carboxylic acid groups (broad SMARTS) is 2. The summed E-state index contributed by atoms with van der Waals surface area (Å²) in [7, 11) is 0. The van der Waals surface area contributed by atoms with E-state index in [0.29, 0.717) is 30.8 Å². The Bertz CT molecular complexity index is 1580. The highest BCUT2D eigenvalue weighted by molar-refractivity contribution is 6.03. The van der Waals surface area contributed by atoms with Crippen molar-refractivity contribution in [3.63, 3.8) is 0 Å².